The Morgan fingerprint density at radius 1 is 0.929 bits per heavy atom. The molecule has 0 bridgehead atoms. The number of nitrogens with zero attached hydrogens (tertiary/aromatic N) is 1. The third kappa shape index (κ3) is 7.74. The molecule has 0 N–H and O–H groups in total. The van der Waals surface area contributed by atoms with Crippen molar-refractivity contribution < 1.29 is 12.7 Å². The Hall–Kier alpha value is -1.69. The Kier molecular flexibility index (Phi) is 8.23. The molecule has 0 aliphatic rings. The molecule has 2 aromatic carbocycles. The van der Waals surface area contributed by atoms with E-state index in [2.05, 4.69) is 38.1 Å². The second-order valence-corrected chi connectivity index (χ2v) is 9.83. The normalized spacial score (nSPS) is 12.5. The molecule has 0 heterocycles. The van der Waals surface area contributed by atoms with Gasteiger partial charge in [0.2, 0.25) is 0 Å². The van der Waals surface area contributed by atoms with E-state index in [0.717, 1.165) is 37.7 Å². The number of rotatable bonds is 11. The van der Waals surface area contributed by atoms with E-state index in [1.54, 1.807) is 31.3 Å². The minimum absolute atomic E-state index is 0.186. The van der Waals surface area contributed by atoms with E-state index in [4.69, 9.17) is 4.28 Å². The van der Waals surface area contributed by atoms with Crippen molar-refractivity contribution in [2.24, 2.45) is 5.41 Å². The maximum Gasteiger partial charge on any atom is 0.313 e. The van der Waals surface area contributed by atoms with Crippen LogP contribution in [-0.4, -0.2) is 27.1 Å². The molecule has 5 heteroatoms. The summed E-state index contributed by atoms with van der Waals surface area (Å²) in [4.78, 5) is 0.186. The monoisotopic (exact) mass is 403 g/mol. The summed E-state index contributed by atoms with van der Waals surface area (Å²) in [5.41, 5.74) is 2.63. The maximum atomic E-state index is 12.3. The Labute approximate surface area is 170 Å². The molecule has 0 aliphatic carbocycles. The van der Waals surface area contributed by atoms with Crippen LogP contribution >= 0.6 is 0 Å². The van der Waals surface area contributed by atoms with Gasteiger partial charge in [-0.2, -0.15) is 17.8 Å². The SMILES string of the molecule is Cc1ccc(S(=O)(=O)ON(C)CCCC(C)(C)CCCc2ccccc2)cc1. The molecule has 0 aromatic heterocycles. The predicted octanol–water partition coefficient (Wildman–Crippen LogP) is 5.38. The van der Waals surface area contributed by atoms with Crippen molar-refractivity contribution in [1.82, 2.24) is 5.06 Å². The van der Waals surface area contributed by atoms with Crippen LogP contribution in [0.5, 0.6) is 0 Å². The Morgan fingerprint density at radius 2 is 1.54 bits per heavy atom. The molecule has 28 heavy (non-hydrogen) atoms. The van der Waals surface area contributed by atoms with Crippen LogP contribution in [-0.2, 0) is 20.8 Å². The van der Waals surface area contributed by atoms with Crippen molar-refractivity contribution in [3.63, 3.8) is 0 Å². The highest BCUT2D eigenvalue weighted by atomic mass is 32.2. The van der Waals surface area contributed by atoms with E-state index in [-0.39, 0.29) is 10.3 Å². The first-order chi connectivity index (χ1) is 13.2. The van der Waals surface area contributed by atoms with Gasteiger partial charge in [0.05, 0.1) is 4.90 Å². The third-order valence-electron chi connectivity index (χ3n) is 5.02. The van der Waals surface area contributed by atoms with Gasteiger partial charge in [0, 0.05) is 13.6 Å². The minimum atomic E-state index is -3.76. The molecular formula is C23H33NO3S. The average molecular weight is 404 g/mol. The van der Waals surface area contributed by atoms with Gasteiger partial charge in [0.15, 0.2) is 0 Å². The number of benzene rings is 2. The molecule has 0 fully saturated rings. The largest absolute Gasteiger partial charge is 0.313 e. The van der Waals surface area contributed by atoms with Crippen molar-refractivity contribution in [2.45, 2.75) is 57.8 Å². The van der Waals surface area contributed by atoms with Crippen molar-refractivity contribution in [3.05, 3.63) is 65.7 Å². The summed E-state index contributed by atoms with van der Waals surface area (Å²) in [6, 6.07) is 17.3. The first-order valence-electron chi connectivity index (χ1n) is 9.94. The van der Waals surface area contributed by atoms with Gasteiger partial charge in [-0.25, -0.2) is 0 Å². The molecular weight excluding hydrogens is 370 g/mol. The lowest BCUT2D eigenvalue weighted by molar-refractivity contribution is -0.0270. The summed E-state index contributed by atoms with van der Waals surface area (Å²) in [5, 5.41) is 1.43. The van der Waals surface area contributed by atoms with E-state index in [1.165, 1.54) is 10.6 Å². The predicted molar refractivity (Wildman–Crippen MR) is 114 cm³/mol. The van der Waals surface area contributed by atoms with Gasteiger partial charge in [-0.05, 0) is 62.1 Å². The summed E-state index contributed by atoms with van der Waals surface area (Å²) in [5.74, 6) is 0. The molecule has 2 rings (SSSR count). The van der Waals surface area contributed by atoms with Crippen LogP contribution in [0.2, 0.25) is 0 Å². The standard InChI is InChI=1S/C23H33NO3S/c1-20-13-15-22(16-14-20)28(25,26)27-24(4)19-9-18-23(2,3)17-8-12-21-10-6-5-7-11-21/h5-7,10-11,13-16H,8-9,12,17-19H2,1-4H3. The van der Waals surface area contributed by atoms with Gasteiger partial charge < -0.3 is 0 Å². The summed E-state index contributed by atoms with van der Waals surface area (Å²) in [6.07, 6.45) is 5.32. The maximum absolute atomic E-state index is 12.3. The lowest BCUT2D eigenvalue weighted by atomic mass is 9.82. The zero-order valence-corrected chi connectivity index (χ0v) is 18.3. The fourth-order valence-electron chi connectivity index (χ4n) is 3.27. The fourth-order valence-corrected chi connectivity index (χ4v) is 4.24. The zero-order valence-electron chi connectivity index (χ0n) is 17.5. The lowest BCUT2D eigenvalue weighted by Crippen LogP contribution is -2.25. The van der Waals surface area contributed by atoms with E-state index in [0.29, 0.717) is 6.54 Å². The van der Waals surface area contributed by atoms with E-state index in [1.807, 2.05) is 13.0 Å². The molecule has 154 valence electrons. The summed E-state index contributed by atoms with van der Waals surface area (Å²) in [7, 11) is -2.09. The quantitative estimate of drug-likeness (QED) is 0.473. The summed E-state index contributed by atoms with van der Waals surface area (Å²) in [6.45, 7) is 7.06. The van der Waals surface area contributed by atoms with Crippen LogP contribution in [0.1, 0.15) is 50.7 Å². The molecule has 0 amide bonds. The van der Waals surface area contributed by atoms with E-state index < -0.39 is 10.1 Å². The third-order valence-corrected chi connectivity index (χ3v) is 6.32. The van der Waals surface area contributed by atoms with Crippen LogP contribution in [0.3, 0.4) is 0 Å². The van der Waals surface area contributed by atoms with E-state index in [9.17, 15) is 8.42 Å². The molecule has 4 nitrogen and oxygen atoms in total. The zero-order chi connectivity index (χ0) is 20.6. The van der Waals surface area contributed by atoms with Gasteiger partial charge in [-0.1, -0.05) is 61.9 Å². The van der Waals surface area contributed by atoms with Gasteiger partial charge >= 0.3 is 10.1 Å². The first-order valence-corrected chi connectivity index (χ1v) is 11.4. The Bertz CT molecular complexity index is 815. The van der Waals surface area contributed by atoms with E-state index >= 15 is 0 Å². The fraction of sp³-hybridized carbons (Fsp3) is 0.478. The Balaban J connectivity index is 1.72. The van der Waals surface area contributed by atoms with Crippen molar-refractivity contribution in [1.29, 1.82) is 0 Å². The lowest BCUT2D eigenvalue weighted by Gasteiger charge is -2.25. The van der Waals surface area contributed by atoms with Crippen LogP contribution in [0.15, 0.2) is 59.5 Å². The van der Waals surface area contributed by atoms with Gasteiger partial charge in [-0.15, -0.1) is 0 Å². The topological polar surface area (TPSA) is 46.6 Å². The second kappa shape index (κ2) is 10.2. The second-order valence-electron chi connectivity index (χ2n) is 8.30. The van der Waals surface area contributed by atoms with Crippen LogP contribution in [0.4, 0.5) is 0 Å². The molecule has 0 spiro atoms. The smallest absolute Gasteiger partial charge is 0.192 e. The number of hydroxylamine groups is 2. The highest BCUT2D eigenvalue weighted by Gasteiger charge is 2.20. The highest BCUT2D eigenvalue weighted by molar-refractivity contribution is 7.86. The van der Waals surface area contributed by atoms with Crippen molar-refractivity contribution in [3.8, 4) is 0 Å². The molecule has 0 atom stereocenters. The van der Waals surface area contributed by atoms with Gasteiger partial charge in [0.25, 0.3) is 0 Å². The first kappa shape index (κ1) is 22.6. The van der Waals surface area contributed by atoms with Crippen molar-refractivity contribution in [2.75, 3.05) is 13.6 Å². The van der Waals surface area contributed by atoms with Gasteiger partial charge in [0.1, 0.15) is 0 Å². The van der Waals surface area contributed by atoms with Crippen LogP contribution in [0, 0.1) is 12.3 Å². The molecule has 0 saturated carbocycles. The van der Waals surface area contributed by atoms with Crippen LogP contribution in [0.25, 0.3) is 0 Å². The van der Waals surface area contributed by atoms with Crippen LogP contribution < -0.4 is 0 Å². The summed E-state index contributed by atoms with van der Waals surface area (Å²) < 4.78 is 29.9. The molecule has 2 aromatic rings. The number of hydrogen-bond acceptors (Lipinski definition) is 4. The Morgan fingerprint density at radius 3 is 2.18 bits per heavy atom. The molecule has 0 saturated heterocycles. The highest BCUT2D eigenvalue weighted by Crippen LogP contribution is 2.29. The molecule has 0 radical (unpaired) electrons. The number of hydrogen-bond donors (Lipinski definition) is 0. The number of aryl methyl sites for hydroxylation is 2. The molecule has 0 aliphatic heterocycles. The average Bonchev–Trinajstić information content (AvgIpc) is 2.62. The summed E-state index contributed by atoms with van der Waals surface area (Å²) >= 11 is 0. The van der Waals surface area contributed by atoms with Gasteiger partial charge in [-0.3, -0.25) is 0 Å². The van der Waals surface area contributed by atoms with Crippen molar-refractivity contribution >= 4 is 10.1 Å². The minimum Gasteiger partial charge on any atom is -0.192 e. The molecule has 0 unspecified atom stereocenters.